The summed E-state index contributed by atoms with van der Waals surface area (Å²) < 4.78 is 11.9. The Hall–Kier alpha value is -0.263. The van der Waals surface area contributed by atoms with Gasteiger partial charge in [-0.15, -0.1) is 0 Å². The van der Waals surface area contributed by atoms with Crippen LogP contribution in [0.4, 0.5) is 0 Å². The van der Waals surface area contributed by atoms with Crippen molar-refractivity contribution in [2.75, 3.05) is 19.8 Å². The Morgan fingerprint density at radius 2 is 1.86 bits per heavy atom. The van der Waals surface area contributed by atoms with E-state index in [-0.39, 0.29) is 0 Å². The first kappa shape index (κ1) is 11.8. The van der Waals surface area contributed by atoms with Crippen LogP contribution in [-0.2, 0) is 16.1 Å². The summed E-state index contributed by atoms with van der Waals surface area (Å²) >= 11 is 2.10. The van der Waals surface area contributed by atoms with Crippen LogP contribution in [0.25, 0.3) is 0 Å². The van der Waals surface area contributed by atoms with E-state index in [1.807, 2.05) is 19.1 Å². The molecule has 0 radical (unpaired) electrons. The quantitative estimate of drug-likeness (QED) is 0.488. The van der Waals surface area contributed by atoms with E-state index in [2.05, 4.69) is 29.8 Å². The molecule has 0 aliphatic rings. The molecule has 0 aliphatic carbocycles. The molecular weight excluding hydrogens is 171 g/mol. The zero-order valence-corrected chi connectivity index (χ0v) is 8.95. The van der Waals surface area contributed by atoms with E-state index in [0.29, 0.717) is 19.8 Å². The number of ether oxygens (including phenoxy) is 2. The molecule has 1 aromatic carbocycles. The zero-order chi connectivity index (χ0) is 10.2. The van der Waals surface area contributed by atoms with Gasteiger partial charge in [0.1, 0.15) is 0 Å². The standard InChI is InChI=1S/C11H15O2.Li/c1-2-12-8-9-13-10-11-6-4-3-5-7-11;/h3-6H,2,8-10H2,1H3;. The van der Waals surface area contributed by atoms with Crippen LogP contribution in [0.5, 0.6) is 0 Å². The fourth-order valence-corrected chi connectivity index (χ4v) is 1.22. The maximum atomic E-state index is 5.48. The third-order valence-corrected chi connectivity index (χ3v) is 2.09. The second kappa shape index (κ2) is 7.09. The van der Waals surface area contributed by atoms with Gasteiger partial charge in [-0.2, -0.15) is 0 Å². The fraction of sp³-hybridized carbons (Fsp3) is 0.455. The van der Waals surface area contributed by atoms with Crippen molar-refractivity contribution in [3.8, 4) is 0 Å². The summed E-state index contributed by atoms with van der Waals surface area (Å²) in [4.78, 5) is 0. The molecule has 0 saturated carbocycles. The first-order chi connectivity index (χ1) is 6.84. The van der Waals surface area contributed by atoms with Crippen molar-refractivity contribution in [3.63, 3.8) is 0 Å². The van der Waals surface area contributed by atoms with E-state index >= 15 is 0 Å². The number of hydrogen-bond donors (Lipinski definition) is 0. The van der Waals surface area contributed by atoms with Crippen molar-refractivity contribution in [2.45, 2.75) is 13.5 Å². The molecule has 0 aromatic heterocycles. The van der Waals surface area contributed by atoms with E-state index in [9.17, 15) is 0 Å². The summed E-state index contributed by atoms with van der Waals surface area (Å²) in [6.45, 7) is 4.78. The molecule has 72 valence electrons. The molecule has 1 aromatic rings. The molecule has 0 unspecified atom stereocenters. The van der Waals surface area contributed by atoms with E-state index < -0.39 is 0 Å². The summed E-state index contributed by atoms with van der Waals surface area (Å²) in [5.74, 6) is 0. The Balaban J connectivity index is 2.21. The molecule has 1 rings (SSSR count). The van der Waals surface area contributed by atoms with Gasteiger partial charge in [0.05, 0.1) is 0 Å². The first-order valence-corrected chi connectivity index (χ1v) is 5.04. The predicted molar refractivity (Wildman–Crippen MR) is 58.0 cm³/mol. The van der Waals surface area contributed by atoms with Crippen LogP contribution in [0.1, 0.15) is 12.5 Å². The Morgan fingerprint density at radius 3 is 2.57 bits per heavy atom. The summed E-state index contributed by atoms with van der Waals surface area (Å²) in [7, 11) is 0. The van der Waals surface area contributed by atoms with Crippen molar-refractivity contribution >= 4 is 22.0 Å². The Labute approximate surface area is 94.8 Å². The van der Waals surface area contributed by atoms with Gasteiger partial charge < -0.3 is 0 Å². The van der Waals surface area contributed by atoms with Gasteiger partial charge in [-0.05, 0) is 0 Å². The summed E-state index contributed by atoms with van der Waals surface area (Å²) in [6.07, 6.45) is 0. The second-order valence-corrected chi connectivity index (χ2v) is 3.18. The fourth-order valence-electron chi connectivity index (χ4n) is 1.22. The number of rotatable bonds is 6. The summed E-state index contributed by atoms with van der Waals surface area (Å²) in [5, 5.41) is 0. The molecule has 0 heterocycles. The van der Waals surface area contributed by atoms with Crippen LogP contribution in [0.15, 0.2) is 24.3 Å². The van der Waals surface area contributed by atoms with E-state index in [1.54, 1.807) is 0 Å². The van der Waals surface area contributed by atoms with Gasteiger partial charge in [-0.3, -0.25) is 0 Å². The van der Waals surface area contributed by atoms with Gasteiger partial charge in [0, 0.05) is 0 Å². The van der Waals surface area contributed by atoms with Crippen molar-refractivity contribution in [1.82, 2.24) is 0 Å². The van der Waals surface area contributed by atoms with Gasteiger partial charge in [-0.1, -0.05) is 0 Å². The molecule has 2 nitrogen and oxygen atoms in total. The molecule has 0 fully saturated rings. The molecule has 0 atom stereocenters. The maximum absolute atomic E-state index is 5.48. The minimum atomic E-state index is 0.669. The second-order valence-electron chi connectivity index (χ2n) is 3.18. The van der Waals surface area contributed by atoms with Crippen LogP contribution in [-0.4, -0.2) is 37.5 Å². The normalized spacial score (nSPS) is 10.5. The van der Waals surface area contributed by atoms with Gasteiger partial charge in [0.2, 0.25) is 0 Å². The monoisotopic (exact) mass is 186 g/mol. The van der Waals surface area contributed by atoms with E-state index in [0.717, 1.165) is 6.61 Å². The Kier molecular flexibility index (Phi) is 5.98. The predicted octanol–water partition coefficient (Wildman–Crippen LogP) is 1.03. The average Bonchev–Trinajstić information content (AvgIpc) is 2.20. The summed E-state index contributed by atoms with van der Waals surface area (Å²) in [5.41, 5.74) is 1.25. The molecule has 0 aliphatic heterocycles. The molecular formula is C11H15LiO2. The Morgan fingerprint density at radius 1 is 1.14 bits per heavy atom. The van der Waals surface area contributed by atoms with Crippen LogP contribution in [0.2, 0.25) is 0 Å². The van der Waals surface area contributed by atoms with Crippen molar-refractivity contribution in [1.29, 1.82) is 0 Å². The molecule has 14 heavy (non-hydrogen) atoms. The minimum absolute atomic E-state index is 0.669. The van der Waals surface area contributed by atoms with Gasteiger partial charge >= 0.3 is 94.6 Å². The summed E-state index contributed by atoms with van der Waals surface area (Å²) in [6, 6.07) is 8.27. The number of benzene rings is 1. The molecule has 0 N–H and O–H groups in total. The molecule has 0 saturated heterocycles. The van der Waals surface area contributed by atoms with Crippen LogP contribution < -0.4 is 4.24 Å². The first-order valence-electron chi connectivity index (χ1n) is 5.04. The molecule has 0 spiro atoms. The molecule has 3 heteroatoms. The Bertz CT molecular complexity index is 263. The zero-order valence-electron chi connectivity index (χ0n) is 8.95. The third kappa shape index (κ3) is 4.30. The van der Waals surface area contributed by atoms with Crippen molar-refractivity contribution in [3.05, 3.63) is 29.8 Å². The average molecular weight is 186 g/mol. The van der Waals surface area contributed by atoms with Gasteiger partial charge in [0.25, 0.3) is 0 Å². The van der Waals surface area contributed by atoms with Crippen LogP contribution >= 0.6 is 0 Å². The van der Waals surface area contributed by atoms with Gasteiger partial charge in [-0.25, -0.2) is 0 Å². The van der Waals surface area contributed by atoms with Gasteiger partial charge in [0.15, 0.2) is 0 Å². The van der Waals surface area contributed by atoms with E-state index in [1.165, 1.54) is 9.80 Å². The van der Waals surface area contributed by atoms with E-state index in [4.69, 9.17) is 9.47 Å². The van der Waals surface area contributed by atoms with Crippen LogP contribution in [0, 0.1) is 0 Å². The SMILES string of the molecule is [Li][c]1ccccc1COCCOCC. The topological polar surface area (TPSA) is 18.5 Å². The van der Waals surface area contributed by atoms with Crippen LogP contribution in [0.3, 0.4) is 0 Å². The molecule has 0 amide bonds. The van der Waals surface area contributed by atoms with Crippen molar-refractivity contribution in [2.24, 2.45) is 0 Å². The van der Waals surface area contributed by atoms with Crippen molar-refractivity contribution < 1.29 is 9.47 Å². The number of hydrogen-bond acceptors (Lipinski definition) is 2. The molecule has 0 bridgehead atoms. The third-order valence-electron chi connectivity index (χ3n) is 2.09.